The van der Waals surface area contributed by atoms with Crippen molar-refractivity contribution in [3.63, 3.8) is 0 Å². The first-order chi connectivity index (χ1) is 6.26. The molecule has 2 nitrogen and oxygen atoms in total. The molecule has 0 aliphatic heterocycles. The second kappa shape index (κ2) is 4.88. The fourth-order valence-corrected chi connectivity index (χ4v) is 2.13. The van der Waals surface area contributed by atoms with E-state index in [0.29, 0.717) is 17.2 Å². The fourth-order valence-electron chi connectivity index (χ4n) is 1.39. The zero-order valence-electron chi connectivity index (χ0n) is 8.47. The van der Waals surface area contributed by atoms with Crippen molar-refractivity contribution in [3.05, 3.63) is 0 Å². The highest BCUT2D eigenvalue weighted by Gasteiger charge is 2.41. The van der Waals surface area contributed by atoms with Gasteiger partial charge in [0, 0.05) is 17.3 Å². The van der Waals surface area contributed by atoms with Gasteiger partial charge in [0.25, 0.3) is 0 Å². The Morgan fingerprint density at radius 1 is 1.62 bits per heavy atom. The molecular formula is C10H18N2S. The summed E-state index contributed by atoms with van der Waals surface area (Å²) in [7, 11) is 0. The van der Waals surface area contributed by atoms with Crippen molar-refractivity contribution in [2.45, 2.75) is 43.4 Å². The predicted octanol–water partition coefficient (Wildman–Crippen LogP) is 2.16. The summed E-state index contributed by atoms with van der Waals surface area (Å²) in [5, 5.41) is 12.1. The molecule has 0 saturated heterocycles. The summed E-state index contributed by atoms with van der Waals surface area (Å²) in [5.41, 5.74) is 0. The number of hydrogen-bond acceptors (Lipinski definition) is 3. The Bertz CT molecular complexity index is 194. The van der Waals surface area contributed by atoms with E-state index in [1.165, 1.54) is 12.8 Å². The molecule has 0 bridgehead atoms. The third-order valence-corrected chi connectivity index (χ3v) is 4.20. The van der Waals surface area contributed by atoms with Crippen LogP contribution in [0.25, 0.3) is 0 Å². The van der Waals surface area contributed by atoms with Crippen molar-refractivity contribution in [2.24, 2.45) is 0 Å². The number of nitrogens with zero attached hydrogens (tertiary/aromatic N) is 1. The summed E-state index contributed by atoms with van der Waals surface area (Å²) in [5.74, 6) is 0. The molecule has 1 fully saturated rings. The molecule has 1 N–H and O–H groups in total. The Hall–Kier alpha value is -0.200. The lowest BCUT2D eigenvalue weighted by Gasteiger charge is -2.18. The number of hydrogen-bond donors (Lipinski definition) is 1. The zero-order valence-corrected chi connectivity index (χ0v) is 9.28. The summed E-state index contributed by atoms with van der Waals surface area (Å²) in [6.45, 7) is 3.21. The van der Waals surface area contributed by atoms with Crippen LogP contribution >= 0.6 is 11.8 Å². The normalized spacial score (nSPS) is 20.7. The maximum Gasteiger partial charge on any atom is 0.0638 e. The summed E-state index contributed by atoms with van der Waals surface area (Å²) < 4.78 is 0.517. The van der Waals surface area contributed by atoms with Crippen molar-refractivity contribution in [3.8, 4) is 6.07 Å². The van der Waals surface area contributed by atoms with Gasteiger partial charge in [-0.25, -0.2) is 0 Å². The first kappa shape index (κ1) is 10.9. The van der Waals surface area contributed by atoms with Crippen LogP contribution in [0.1, 0.15) is 32.6 Å². The van der Waals surface area contributed by atoms with E-state index >= 15 is 0 Å². The quantitative estimate of drug-likeness (QED) is 0.710. The van der Waals surface area contributed by atoms with E-state index in [1.807, 2.05) is 11.8 Å². The van der Waals surface area contributed by atoms with Crippen LogP contribution in [0.2, 0.25) is 0 Å². The number of thioether (sulfide) groups is 1. The molecular weight excluding hydrogens is 180 g/mol. The van der Waals surface area contributed by atoms with Crippen LogP contribution in [-0.4, -0.2) is 23.6 Å². The monoisotopic (exact) mass is 198 g/mol. The Morgan fingerprint density at radius 3 is 2.69 bits per heavy atom. The summed E-state index contributed by atoms with van der Waals surface area (Å²) in [6.07, 6.45) is 6.55. The van der Waals surface area contributed by atoms with Crippen LogP contribution in [0.5, 0.6) is 0 Å². The maximum atomic E-state index is 8.57. The Morgan fingerprint density at radius 2 is 2.31 bits per heavy atom. The molecule has 1 aliphatic rings. The van der Waals surface area contributed by atoms with Crippen LogP contribution in [0.4, 0.5) is 0 Å². The molecule has 0 amide bonds. The first-order valence-electron chi connectivity index (χ1n) is 4.92. The lowest BCUT2D eigenvalue weighted by Crippen LogP contribution is -2.34. The molecule has 0 aromatic heterocycles. The minimum absolute atomic E-state index is 0.398. The second-order valence-corrected chi connectivity index (χ2v) is 5.01. The van der Waals surface area contributed by atoms with Gasteiger partial charge in [-0.3, -0.25) is 0 Å². The van der Waals surface area contributed by atoms with E-state index in [-0.39, 0.29) is 0 Å². The van der Waals surface area contributed by atoms with Gasteiger partial charge in [-0.2, -0.15) is 17.0 Å². The van der Waals surface area contributed by atoms with Gasteiger partial charge >= 0.3 is 0 Å². The van der Waals surface area contributed by atoms with E-state index in [4.69, 9.17) is 5.26 Å². The Balaban J connectivity index is 2.20. The average Bonchev–Trinajstić information content (AvgIpc) is 2.93. The molecule has 1 rings (SSSR count). The van der Waals surface area contributed by atoms with E-state index in [2.05, 4.69) is 24.6 Å². The lowest BCUT2D eigenvalue weighted by molar-refractivity contribution is 0.500. The lowest BCUT2D eigenvalue weighted by atomic mass is 10.1. The summed E-state index contributed by atoms with van der Waals surface area (Å²) >= 11 is 1.96. The molecule has 0 aromatic rings. The van der Waals surface area contributed by atoms with E-state index in [1.54, 1.807) is 0 Å². The van der Waals surface area contributed by atoms with Gasteiger partial charge in [0.05, 0.1) is 12.5 Å². The minimum atomic E-state index is 0.398. The molecule has 13 heavy (non-hydrogen) atoms. The highest BCUT2D eigenvalue weighted by atomic mass is 32.2. The van der Waals surface area contributed by atoms with Crippen LogP contribution in [0, 0.1) is 11.3 Å². The highest BCUT2D eigenvalue weighted by molar-refractivity contribution is 8.00. The molecule has 1 saturated carbocycles. The molecule has 3 heteroatoms. The Kier molecular flexibility index (Phi) is 4.08. The van der Waals surface area contributed by atoms with Gasteiger partial charge in [-0.05, 0) is 25.5 Å². The van der Waals surface area contributed by atoms with Crippen molar-refractivity contribution in [2.75, 3.05) is 12.8 Å². The predicted molar refractivity (Wildman–Crippen MR) is 57.8 cm³/mol. The van der Waals surface area contributed by atoms with Crippen molar-refractivity contribution < 1.29 is 0 Å². The molecule has 0 aromatic carbocycles. The topological polar surface area (TPSA) is 35.8 Å². The van der Waals surface area contributed by atoms with Gasteiger partial charge in [0.1, 0.15) is 0 Å². The largest absolute Gasteiger partial charge is 0.312 e. The smallest absolute Gasteiger partial charge is 0.0638 e. The van der Waals surface area contributed by atoms with E-state index in [9.17, 15) is 0 Å². The minimum Gasteiger partial charge on any atom is -0.312 e. The van der Waals surface area contributed by atoms with Crippen molar-refractivity contribution >= 4 is 11.8 Å². The number of nitriles is 1. The molecule has 1 atom stereocenters. The Labute approximate surface area is 85.1 Å². The third-order valence-electron chi connectivity index (χ3n) is 2.78. The average molecular weight is 198 g/mol. The fraction of sp³-hybridized carbons (Fsp3) is 0.900. The molecule has 0 heterocycles. The molecule has 0 spiro atoms. The van der Waals surface area contributed by atoms with Crippen LogP contribution in [0.15, 0.2) is 0 Å². The van der Waals surface area contributed by atoms with Crippen LogP contribution < -0.4 is 5.32 Å². The summed E-state index contributed by atoms with van der Waals surface area (Å²) in [4.78, 5) is 0. The summed E-state index contributed by atoms with van der Waals surface area (Å²) in [6, 6.07) is 2.62. The van der Waals surface area contributed by atoms with Crippen molar-refractivity contribution in [1.82, 2.24) is 5.32 Å². The molecule has 74 valence electrons. The highest BCUT2D eigenvalue weighted by Crippen LogP contribution is 2.46. The second-order valence-electron chi connectivity index (χ2n) is 3.74. The van der Waals surface area contributed by atoms with Gasteiger partial charge in [0.15, 0.2) is 0 Å². The van der Waals surface area contributed by atoms with Gasteiger partial charge in [0.2, 0.25) is 0 Å². The SMILES string of the molecule is CCC(CC#N)NCC1(SC)CC1. The van der Waals surface area contributed by atoms with Gasteiger partial charge in [-0.1, -0.05) is 6.92 Å². The number of nitrogens with one attached hydrogen (secondary N) is 1. The number of rotatable bonds is 6. The zero-order chi connectivity index (χ0) is 9.73. The molecule has 0 radical (unpaired) electrons. The third kappa shape index (κ3) is 3.21. The maximum absolute atomic E-state index is 8.57. The molecule has 1 aliphatic carbocycles. The van der Waals surface area contributed by atoms with Gasteiger partial charge < -0.3 is 5.32 Å². The van der Waals surface area contributed by atoms with E-state index in [0.717, 1.165) is 13.0 Å². The van der Waals surface area contributed by atoms with E-state index < -0.39 is 0 Å². The first-order valence-corrected chi connectivity index (χ1v) is 6.14. The van der Waals surface area contributed by atoms with Crippen LogP contribution in [-0.2, 0) is 0 Å². The van der Waals surface area contributed by atoms with Gasteiger partial charge in [-0.15, -0.1) is 0 Å². The standard InChI is InChI=1S/C10H18N2S/c1-3-9(4-7-11)12-8-10(13-2)5-6-10/h9,12H,3-6,8H2,1-2H3. The molecule has 1 unspecified atom stereocenters. The van der Waals surface area contributed by atoms with Crippen molar-refractivity contribution in [1.29, 1.82) is 5.26 Å². The van der Waals surface area contributed by atoms with Crippen LogP contribution in [0.3, 0.4) is 0 Å².